The summed E-state index contributed by atoms with van der Waals surface area (Å²) < 4.78 is 6.57. The van der Waals surface area contributed by atoms with Gasteiger partial charge in [-0.25, -0.2) is 0 Å². The predicted molar refractivity (Wildman–Crippen MR) is 87.7 cm³/mol. The molecule has 3 rings (SSSR count). The van der Waals surface area contributed by atoms with Crippen LogP contribution in [0.3, 0.4) is 0 Å². The lowest BCUT2D eigenvalue weighted by Gasteiger charge is -2.42. The van der Waals surface area contributed by atoms with Gasteiger partial charge in [0.25, 0.3) is 0 Å². The van der Waals surface area contributed by atoms with Gasteiger partial charge in [-0.05, 0) is 44.2 Å². The zero-order valence-corrected chi connectivity index (χ0v) is 13.5. The molecule has 1 aromatic rings. The predicted octanol–water partition coefficient (Wildman–Crippen LogP) is 4.85. The minimum atomic E-state index is 0.0745. The van der Waals surface area contributed by atoms with Gasteiger partial charge in [0, 0.05) is 18.0 Å². The molecule has 1 N–H and O–H groups in total. The lowest BCUT2D eigenvalue weighted by atomic mass is 9.81. The second-order valence-corrected chi connectivity index (χ2v) is 6.84. The van der Waals surface area contributed by atoms with Gasteiger partial charge in [-0.1, -0.05) is 44.9 Å². The number of rotatable bonds is 3. The van der Waals surface area contributed by atoms with Crippen LogP contribution >= 0.6 is 0 Å². The van der Waals surface area contributed by atoms with Crippen molar-refractivity contribution in [2.75, 3.05) is 6.54 Å². The van der Waals surface area contributed by atoms with Crippen molar-refractivity contribution in [3.8, 4) is 5.75 Å². The fraction of sp³-hybridized carbons (Fsp3) is 0.684. The van der Waals surface area contributed by atoms with Crippen LogP contribution in [-0.2, 0) is 0 Å². The summed E-state index contributed by atoms with van der Waals surface area (Å²) >= 11 is 0. The molecule has 2 nitrogen and oxygen atoms in total. The minimum Gasteiger partial charge on any atom is -0.487 e. The summed E-state index contributed by atoms with van der Waals surface area (Å²) in [6, 6.07) is 9.07. The highest BCUT2D eigenvalue weighted by Crippen LogP contribution is 2.46. The molecule has 2 aliphatic rings. The first kappa shape index (κ1) is 14.9. The van der Waals surface area contributed by atoms with Gasteiger partial charge in [-0.15, -0.1) is 0 Å². The van der Waals surface area contributed by atoms with Gasteiger partial charge in [0.15, 0.2) is 0 Å². The Labute approximate surface area is 129 Å². The summed E-state index contributed by atoms with van der Waals surface area (Å²) in [6.07, 6.45) is 8.94. The zero-order chi connectivity index (χ0) is 14.7. The summed E-state index contributed by atoms with van der Waals surface area (Å²) in [5.74, 6) is 2.02. The minimum absolute atomic E-state index is 0.0745. The summed E-state index contributed by atoms with van der Waals surface area (Å²) in [5.41, 5.74) is 1.42. The number of hydrogen-bond donors (Lipinski definition) is 1. The summed E-state index contributed by atoms with van der Waals surface area (Å²) in [7, 11) is 0. The fourth-order valence-electron chi connectivity index (χ4n) is 4.21. The van der Waals surface area contributed by atoms with E-state index in [0.717, 1.165) is 24.6 Å². The molecule has 3 unspecified atom stereocenters. The standard InChI is InChI=1S/C19H29NO/c1-3-15-8-7-12-19(13-11-15)14-17(20-4-2)16-9-5-6-10-18(16)21-19/h5-6,9-10,15,17,20H,3-4,7-8,11-14H2,1-2H3. The zero-order valence-electron chi connectivity index (χ0n) is 13.5. The van der Waals surface area contributed by atoms with Gasteiger partial charge in [0.05, 0.1) is 0 Å². The normalized spacial score (nSPS) is 32.3. The van der Waals surface area contributed by atoms with E-state index in [1.165, 1.54) is 44.1 Å². The van der Waals surface area contributed by atoms with E-state index in [-0.39, 0.29) is 5.60 Å². The maximum Gasteiger partial charge on any atom is 0.124 e. The lowest BCUT2D eigenvalue weighted by Crippen LogP contribution is -2.44. The molecule has 0 bridgehead atoms. The molecular formula is C19H29NO. The molecule has 1 spiro atoms. The number of fused-ring (bicyclic) bond motifs is 1. The Balaban J connectivity index is 1.85. The van der Waals surface area contributed by atoms with Gasteiger partial charge in [-0.3, -0.25) is 0 Å². The summed E-state index contributed by atoms with van der Waals surface area (Å²) in [4.78, 5) is 0. The van der Waals surface area contributed by atoms with Crippen LogP contribution in [0, 0.1) is 5.92 Å². The molecule has 1 saturated carbocycles. The molecule has 1 aromatic carbocycles. The van der Waals surface area contributed by atoms with Gasteiger partial charge in [0.2, 0.25) is 0 Å². The van der Waals surface area contributed by atoms with Crippen molar-refractivity contribution < 1.29 is 4.74 Å². The summed E-state index contributed by atoms with van der Waals surface area (Å²) in [5, 5.41) is 3.68. The Morgan fingerprint density at radius 2 is 2.05 bits per heavy atom. The van der Waals surface area contributed by atoms with Crippen molar-refractivity contribution in [3.63, 3.8) is 0 Å². The van der Waals surface area contributed by atoms with Crippen LogP contribution in [0.15, 0.2) is 24.3 Å². The van der Waals surface area contributed by atoms with E-state index in [4.69, 9.17) is 4.74 Å². The van der Waals surface area contributed by atoms with Gasteiger partial charge >= 0.3 is 0 Å². The lowest BCUT2D eigenvalue weighted by molar-refractivity contribution is 0.0154. The average molecular weight is 287 g/mol. The monoisotopic (exact) mass is 287 g/mol. The first-order chi connectivity index (χ1) is 10.3. The second-order valence-electron chi connectivity index (χ2n) is 6.84. The maximum absolute atomic E-state index is 6.57. The van der Waals surface area contributed by atoms with E-state index in [1.807, 2.05) is 0 Å². The third-order valence-electron chi connectivity index (χ3n) is 5.48. The quantitative estimate of drug-likeness (QED) is 0.858. The molecule has 0 radical (unpaired) electrons. The molecule has 0 aromatic heterocycles. The first-order valence-corrected chi connectivity index (χ1v) is 8.77. The summed E-state index contributed by atoms with van der Waals surface area (Å²) in [6.45, 7) is 5.55. The molecule has 0 amide bonds. The van der Waals surface area contributed by atoms with Gasteiger partial charge in [-0.2, -0.15) is 0 Å². The fourth-order valence-corrected chi connectivity index (χ4v) is 4.21. The molecule has 21 heavy (non-hydrogen) atoms. The van der Waals surface area contributed by atoms with Gasteiger partial charge in [0.1, 0.15) is 11.4 Å². The number of hydrogen-bond acceptors (Lipinski definition) is 2. The van der Waals surface area contributed by atoms with Crippen LogP contribution in [0.2, 0.25) is 0 Å². The van der Waals surface area contributed by atoms with Crippen molar-refractivity contribution in [1.82, 2.24) is 5.32 Å². The van der Waals surface area contributed by atoms with Crippen LogP contribution in [-0.4, -0.2) is 12.1 Å². The molecule has 3 atom stereocenters. The van der Waals surface area contributed by atoms with Crippen LogP contribution in [0.4, 0.5) is 0 Å². The van der Waals surface area contributed by atoms with Crippen LogP contribution in [0.1, 0.15) is 70.4 Å². The molecule has 1 aliphatic heterocycles. The highest BCUT2D eigenvalue weighted by atomic mass is 16.5. The molecule has 0 saturated heterocycles. The molecule has 2 heteroatoms. The Morgan fingerprint density at radius 3 is 2.86 bits per heavy atom. The molecular weight excluding hydrogens is 258 g/mol. The maximum atomic E-state index is 6.57. The van der Waals surface area contributed by atoms with Gasteiger partial charge < -0.3 is 10.1 Å². The first-order valence-electron chi connectivity index (χ1n) is 8.77. The van der Waals surface area contributed by atoms with E-state index < -0.39 is 0 Å². The molecule has 1 aliphatic carbocycles. The van der Waals surface area contributed by atoms with Crippen molar-refractivity contribution in [2.45, 2.75) is 70.4 Å². The largest absolute Gasteiger partial charge is 0.487 e. The van der Waals surface area contributed by atoms with E-state index in [2.05, 4.69) is 43.4 Å². The highest BCUT2D eigenvalue weighted by molar-refractivity contribution is 5.39. The average Bonchev–Trinajstić information content (AvgIpc) is 2.70. The third-order valence-corrected chi connectivity index (χ3v) is 5.48. The molecule has 1 heterocycles. The second kappa shape index (κ2) is 6.39. The molecule has 116 valence electrons. The smallest absolute Gasteiger partial charge is 0.124 e. The van der Waals surface area contributed by atoms with E-state index in [1.54, 1.807) is 0 Å². The van der Waals surface area contributed by atoms with Crippen LogP contribution in [0.25, 0.3) is 0 Å². The van der Waals surface area contributed by atoms with Crippen molar-refractivity contribution in [2.24, 2.45) is 5.92 Å². The number of para-hydroxylation sites is 1. The number of ether oxygens (including phenoxy) is 1. The molecule has 1 fully saturated rings. The van der Waals surface area contributed by atoms with E-state index in [9.17, 15) is 0 Å². The highest BCUT2D eigenvalue weighted by Gasteiger charge is 2.41. The third kappa shape index (κ3) is 3.11. The topological polar surface area (TPSA) is 21.3 Å². The van der Waals surface area contributed by atoms with Crippen molar-refractivity contribution in [3.05, 3.63) is 29.8 Å². The Hall–Kier alpha value is -1.02. The Kier molecular flexibility index (Phi) is 4.54. The Bertz CT molecular complexity index is 472. The van der Waals surface area contributed by atoms with E-state index >= 15 is 0 Å². The Morgan fingerprint density at radius 1 is 1.19 bits per heavy atom. The number of nitrogens with one attached hydrogen (secondary N) is 1. The number of benzene rings is 1. The van der Waals surface area contributed by atoms with Crippen LogP contribution < -0.4 is 10.1 Å². The van der Waals surface area contributed by atoms with Crippen LogP contribution in [0.5, 0.6) is 5.75 Å². The van der Waals surface area contributed by atoms with Crippen molar-refractivity contribution in [1.29, 1.82) is 0 Å². The van der Waals surface area contributed by atoms with Crippen molar-refractivity contribution >= 4 is 0 Å². The SMILES string of the molecule is CCNC1CC2(CCCC(CC)CC2)Oc2ccccc21. The van der Waals surface area contributed by atoms with E-state index in [0.29, 0.717) is 6.04 Å².